The number of thioether (sulfide) groups is 1. The molecule has 0 aromatic heterocycles. The predicted molar refractivity (Wildman–Crippen MR) is 115 cm³/mol. The third-order valence-electron chi connectivity index (χ3n) is 4.24. The lowest BCUT2D eigenvalue weighted by molar-refractivity contribution is -0.117. The van der Waals surface area contributed by atoms with E-state index in [2.05, 4.69) is 4.99 Å². The number of rotatable bonds is 6. The minimum atomic E-state index is -0.546. The van der Waals surface area contributed by atoms with Crippen LogP contribution in [0.3, 0.4) is 0 Å². The number of hydrogen-bond acceptors (Lipinski definition) is 6. The van der Waals surface area contributed by atoms with Crippen LogP contribution >= 0.6 is 11.8 Å². The molecule has 150 valence electrons. The van der Waals surface area contributed by atoms with Gasteiger partial charge in [-0.25, -0.2) is 4.99 Å². The number of aliphatic imine (C=N–C) groups is 1. The summed E-state index contributed by atoms with van der Waals surface area (Å²) >= 11 is 1.13. The third kappa shape index (κ3) is 4.60. The smallest absolute Gasteiger partial charge is 0.283 e. The lowest BCUT2D eigenvalue weighted by atomic mass is 10.2. The summed E-state index contributed by atoms with van der Waals surface area (Å²) in [6.07, 6.45) is 1.69. The van der Waals surface area contributed by atoms with Gasteiger partial charge in [0.15, 0.2) is 5.17 Å². The topological polar surface area (TPSA) is 94.2 Å². The molecule has 0 aliphatic carbocycles. The van der Waals surface area contributed by atoms with E-state index in [4.69, 9.17) is 15.2 Å². The molecule has 3 rings (SSSR count). The molecule has 2 aromatic carbocycles. The molecule has 8 heteroatoms. The first-order valence-corrected chi connectivity index (χ1v) is 9.70. The zero-order valence-electron chi connectivity index (χ0n) is 16.3. The molecule has 0 bridgehead atoms. The van der Waals surface area contributed by atoms with Crippen LogP contribution in [0.15, 0.2) is 59.2 Å². The number of nitrogens with two attached hydrogens (primary N) is 1. The van der Waals surface area contributed by atoms with Gasteiger partial charge in [0.05, 0.1) is 25.2 Å². The largest absolute Gasteiger partial charge is 0.497 e. The number of carbonyl (C=O) groups excluding carboxylic acids is 2. The summed E-state index contributed by atoms with van der Waals surface area (Å²) in [7, 11) is 3.15. The molecular weight excluding hydrogens is 390 g/mol. The van der Waals surface area contributed by atoms with Gasteiger partial charge in [-0.15, -0.1) is 0 Å². The van der Waals surface area contributed by atoms with E-state index in [-0.39, 0.29) is 11.6 Å². The Morgan fingerprint density at radius 3 is 2.45 bits per heavy atom. The number of amides is 2. The Morgan fingerprint density at radius 2 is 1.83 bits per heavy atom. The molecule has 1 aliphatic heterocycles. The van der Waals surface area contributed by atoms with E-state index in [1.165, 1.54) is 4.90 Å². The van der Waals surface area contributed by atoms with Crippen molar-refractivity contribution in [1.82, 2.24) is 0 Å². The van der Waals surface area contributed by atoms with E-state index in [1.807, 2.05) is 12.1 Å². The quantitative estimate of drug-likeness (QED) is 0.738. The van der Waals surface area contributed by atoms with Gasteiger partial charge < -0.3 is 15.2 Å². The minimum absolute atomic E-state index is 0.261. The Kier molecular flexibility index (Phi) is 6.23. The van der Waals surface area contributed by atoms with E-state index in [9.17, 15) is 9.59 Å². The van der Waals surface area contributed by atoms with Crippen LogP contribution in [0.5, 0.6) is 11.5 Å². The molecule has 0 fully saturated rings. The number of amidine groups is 1. The molecule has 1 aliphatic rings. The standard InChI is InChI=1S/C21H21N3O4S/c1-13(19(22)25)29-21-23-18(11-14-7-9-16(27-2)10-8-14)20(26)24(21)15-5-4-6-17(12-15)28-3/h4-13H,1-3H3,(H2,22,25). The van der Waals surface area contributed by atoms with Gasteiger partial charge in [0.25, 0.3) is 5.91 Å². The van der Waals surface area contributed by atoms with Gasteiger partial charge in [-0.05, 0) is 42.8 Å². The first-order chi connectivity index (χ1) is 13.9. The van der Waals surface area contributed by atoms with Crippen molar-refractivity contribution in [2.24, 2.45) is 10.7 Å². The maximum absolute atomic E-state index is 13.1. The molecule has 2 aromatic rings. The lowest BCUT2D eigenvalue weighted by Gasteiger charge is -2.19. The van der Waals surface area contributed by atoms with Crippen LogP contribution in [0.25, 0.3) is 6.08 Å². The fraction of sp³-hybridized carbons (Fsp3) is 0.190. The number of hydrogen-bond donors (Lipinski definition) is 1. The van der Waals surface area contributed by atoms with Gasteiger partial charge >= 0.3 is 0 Å². The average molecular weight is 411 g/mol. The molecule has 0 saturated carbocycles. The molecule has 1 heterocycles. The highest BCUT2D eigenvalue weighted by Crippen LogP contribution is 2.32. The summed E-state index contributed by atoms with van der Waals surface area (Å²) in [5, 5.41) is -0.163. The fourth-order valence-electron chi connectivity index (χ4n) is 2.63. The van der Waals surface area contributed by atoms with Crippen LogP contribution in [0.4, 0.5) is 5.69 Å². The van der Waals surface area contributed by atoms with Gasteiger partial charge in [0.2, 0.25) is 5.91 Å². The highest BCUT2D eigenvalue weighted by atomic mass is 32.2. The second-order valence-electron chi connectivity index (χ2n) is 6.20. The van der Waals surface area contributed by atoms with Crippen LogP contribution in [0.1, 0.15) is 12.5 Å². The molecular formula is C21H21N3O4S. The Bertz CT molecular complexity index is 986. The minimum Gasteiger partial charge on any atom is -0.497 e. The van der Waals surface area contributed by atoms with E-state index in [1.54, 1.807) is 63.6 Å². The van der Waals surface area contributed by atoms with Crippen molar-refractivity contribution >= 4 is 40.5 Å². The number of carbonyl (C=O) groups is 2. The molecule has 0 radical (unpaired) electrons. The predicted octanol–water partition coefficient (Wildman–Crippen LogP) is 3.05. The summed E-state index contributed by atoms with van der Waals surface area (Å²) in [6.45, 7) is 1.68. The maximum Gasteiger partial charge on any atom is 0.283 e. The number of benzene rings is 2. The third-order valence-corrected chi connectivity index (χ3v) is 5.31. The number of nitrogens with zero attached hydrogens (tertiary/aromatic N) is 2. The van der Waals surface area contributed by atoms with Crippen molar-refractivity contribution in [3.63, 3.8) is 0 Å². The Hall–Kier alpha value is -3.26. The highest BCUT2D eigenvalue weighted by molar-refractivity contribution is 8.15. The molecule has 0 saturated heterocycles. The van der Waals surface area contributed by atoms with Crippen molar-refractivity contribution in [3.8, 4) is 11.5 Å². The summed E-state index contributed by atoms with van der Waals surface area (Å²) in [4.78, 5) is 30.6. The monoisotopic (exact) mass is 411 g/mol. The van der Waals surface area contributed by atoms with Crippen LogP contribution in [-0.4, -0.2) is 36.5 Å². The van der Waals surface area contributed by atoms with Crippen LogP contribution in [0, 0.1) is 0 Å². The van der Waals surface area contributed by atoms with Gasteiger partial charge in [-0.2, -0.15) is 0 Å². The SMILES string of the molecule is COc1ccc(C=C2N=C(SC(C)C(N)=O)N(c3cccc(OC)c3)C2=O)cc1. The van der Waals surface area contributed by atoms with Crippen LogP contribution < -0.4 is 20.1 Å². The first kappa shape index (κ1) is 20.5. The van der Waals surface area contributed by atoms with Crippen molar-refractivity contribution in [2.45, 2.75) is 12.2 Å². The Labute approximate surface area is 173 Å². The van der Waals surface area contributed by atoms with Gasteiger partial charge in [-0.1, -0.05) is 30.0 Å². The second kappa shape index (κ2) is 8.83. The Balaban J connectivity index is 1.99. The fourth-order valence-corrected chi connectivity index (χ4v) is 3.50. The van der Waals surface area contributed by atoms with E-state index < -0.39 is 11.2 Å². The first-order valence-electron chi connectivity index (χ1n) is 8.82. The van der Waals surface area contributed by atoms with Crippen LogP contribution in [-0.2, 0) is 9.59 Å². The highest BCUT2D eigenvalue weighted by Gasteiger charge is 2.34. The van der Waals surface area contributed by atoms with Crippen molar-refractivity contribution < 1.29 is 19.1 Å². The van der Waals surface area contributed by atoms with E-state index in [0.29, 0.717) is 16.6 Å². The normalized spacial score (nSPS) is 16.0. The van der Waals surface area contributed by atoms with Crippen LogP contribution in [0.2, 0.25) is 0 Å². The number of anilines is 1. The molecule has 7 nitrogen and oxygen atoms in total. The average Bonchev–Trinajstić information content (AvgIpc) is 3.03. The molecule has 1 unspecified atom stereocenters. The molecule has 0 spiro atoms. The van der Waals surface area contributed by atoms with Gasteiger partial charge in [-0.3, -0.25) is 14.5 Å². The van der Waals surface area contributed by atoms with E-state index >= 15 is 0 Å². The number of methoxy groups -OCH3 is 2. The van der Waals surface area contributed by atoms with Crippen molar-refractivity contribution in [3.05, 3.63) is 59.8 Å². The molecule has 2 amide bonds. The summed E-state index contributed by atoms with van der Waals surface area (Å²) in [5.74, 6) is 0.546. The molecule has 29 heavy (non-hydrogen) atoms. The maximum atomic E-state index is 13.1. The number of ether oxygens (including phenoxy) is 2. The molecule has 2 N–H and O–H groups in total. The summed E-state index contributed by atoms with van der Waals surface area (Å²) in [5.41, 5.74) is 7.06. The van der Waals surface area contributed by atoms with Gasteiger partial charge in [0.1, 0.15) is 17.2 Å². The second-order valence-corrected chi connectivity index (χ2v) is 7.51. The Morgan fingerprint density at radius 1 is 1.14 bits per heavy atom. The van der Waals surface area contributed by atoms with Crippen molar-refractivity contribution in [2.75, 3.05) is 19.1 Å². The summed E-state index contributed by atoms with van der Waals surface area (Å²) in [6, 6.07) is 14.4. The van der Waals surface area contributed by atoms with E-state index in [0.717, 1.165) is 23.1 Å². The van der Waals surface area contributed by atoms with Gasteiger partial charge in [0, 0.05) is 6.07 Å². The zero-order valence-corrected chi connectivity index (χ0v) is 17.1. The summed E-state index contributed by atoms with van der Waals surface area (Å²) < 4.78 is 10.4. The zero-order chi connectivity index (χ0) is 21.0. The number of primary amides is 1. The van der Waals surface area contributed by atoms with Crippen molar-refractivity contribution in [1.29, 1.82) is 0 Å². The molecule has 1 atom stereocenters. The lowest BCUT2D eigenvalue weighted by Crippen LogP contribution is -2.33.